The summed E-state index contributed by atoms with van der Waals surface area (Å²) < 4.78 is 65.3. The molecule has 0 bridgehead atoms. The van der Waals surface area contributed by atoms with Crippen molar-refractivity contribution in [1.82, 2.24) is 0 Å². The highest BCUT2D eigenvalue weighted by Crippen LogP contribution is 2.26. The lowest BCUT2D eigenvalue weighted by molar-refractivity contribution is 0.511. The van der Waals surface area contributed by atoms with Gasteiger partial charge in [-0.2, -0.15) is 0 Å². The van der Waals surface area contributed by atoms with Gasteiger partial charge < -0.3 is 0 Å². The van der Waals surface area contributed by atoms with Crippen LogP contribution in [0.5, 0.6) is 0 Å². The minimum atomic E-state index is -4.33. The number of halogens is 4. The lowest BCUT2D eigenvalue weighted by atomic mass is 10.3. The van der Waals surface area contributed by atoms with Crippen molar-refractivity contribution in [1.29, 1.82) is 0 Å². The molecular formula is C12H7ClF3NO2S. The summed E-state index contributed by atoms with van der Waals surface area (Å²) in [5.74, 6) is -3.39. The molecule has 2 rings (SSSR count). The molecule has 0 atom stereocenters. The fourth-order valence-corrected chi connectivity index (χ4v) is 3.04. The Hall–Kier alpha value is -1.73. The van der Waals surface area contributed by atoms with Crippen molar-refractivity contribution in [2.45, 2.75) is 4.90 Å². The quantitative estimate of drug-likeness (QED) is 0.939. The van der Waals surface area contributed by atoms with E-state index in [2.05, 4.69) is 0 Å². The van der Waals surface area contributed by atoms with Crippen molar-refractivity contribution < 1.29 is 21.6 Å². The average Bonchev–Trinajstić information content (AvgIpc) is 2.37. The molecule has 0 heterocycles. The van der Waals surface area contributed by atoms with Crippen LogP contribution in [0.25, 0.3) is 0 Å². The van der Waals surface area contributed by atoms with Crippen LogP contribution in [-0.2, 0) is 10.0 Å². The highest BCUT2D eigenvalue weighted by atomic mass is 35.5. The molecule has 3 nitrogen and oxygen atoms in total. The van der Waals surface area contributed by atoms with Gasteiger partial charge in [-0.25, -0.2) is 21.6 Å². The molecule has 0 aliphatic heterocycles. The first-order valence-electron chi connectivity index (χ1n) is 5.23. The van der Waals surface area contributed by atoms with Gasteiger partial charge in [0.2, 0.25) is 0 Å². The molecule has 8 heteroatoms. The van der Waals surface area contributed by atoms with Crippen LogP contribution in [0.3, 0.4) is 0 Å². The van der Waals surface area contributed by atoms with E-state index >= 15 is 0 Å². The summed E-state index contributed by atoms with van der Waals surface area (Å²) in [5.41, 5.74) is -0.592. The van der Waals surface area contributed by atoms with Crippen molar-refractivity contribution in [3.05, 3.63) is 58.9 Å². The molecule has 0 fully saturated rings. The van der Waals surface area contributed by atoms with E-state index in [1.807, 2.05) is 4.72 Å². The van der Waals surface area contributed by atoms with E-state index in [0.717, 1.165) is 30.3 Å². The van der Waals surface area contributed by atoms with Gasteiger partial charge >= 0.3 is 0 Å². The topological polar surface area (TPSA) is 46.2 Å². The zero-order chi connectivity index (χ0) is 14.9. The summed E-state index contributed by atoms with van der Waals surface area (Å²) >= 11 is 5.66. The van der Waals surface area contributed by atoms with Crippen LogP contribution in [0, 0.1) is 17.5 Å². The van der Waals surface area contributed by atoms with Crippen molar-refractivity contribution in [2.75, 3.05) is 4.72 Å². The third-order valence-corrected chi connectivity index (χ3v) is 4.23. The first-order valence-corrected chi connectivity index (χ1v) is 7.09. The van der Waals surface area contributed by atoms with Crippen molar-refractivity contribution >= 4 is 27.3 Å². The highest BCUT2D eigenvalue weighted by Gasteiger charge is 2.21. The van der Waals surface area contributed by atoms with Gasteiger partial charge in [0.25, 0.3) is 10.0 Å². The van der Waals surface area contributed by atoms with E-state index in [1.54, 1.807) is 0 Å². The fraction of sp³-hybridized carbons (Fsp3) is 0. The van der Waals surface area contributed by atoms with Crippen molar-refractivity contribution in [2.24, 2.45) is 0 Å². The largest absolute Gasteiger partial charge is 0.276 e. The molecule has 0 unspecified atom stereocenters. The zero-order valence-corrected chi connectivity index (χ0v) is 11.3. The van der Waals surface area contributed by atoms with E-state index in [4.69, 9.17) is 11.6 Å². The van der Waals surface area contributed by atoms with E-state index in [1.165, 1.54) is 0 Å². The molecule has 0 aliphatic carbocycles. The number of hydrogen-bond donors (Lipinski definition) is 1. The first kappa shape index (κ1) is 14.7. The molecule has 0 aromatic heterocycles. The molecule has 0 aliphatic rings. The van der Waals surface area contributed by atoms with E-state index in [9.17, 15) is 21.6 Å². The Morgan fingerprint density at radius 3 is 2.45 bits per heavy atom. The summed E-state index contributed by atoms with van der Waals surface area (Å²) in [4.78, 5) is -0.567. The maximum Gasteiger partial charge on any atom is 0.263 e. The highest BCUT2D eigenvalue weighted by molar-refractivity contribution is 7.92. The summed E-state index contributed by atoms with van der Waals surface area (Å²) in [6.07, 6.45) is 0. The standard InChI is InChI=1S/C12H7ClF3NO2S/c13-8-5-4-7(14)6-11(8)20(18,19)17-10-3-1-2-9(15)12(10)16/h1-6,17H. The fourth-order valence-electron chi connectivity index (χ4n) is 1.47. The van der Waals surface area contributed by atoms with Crippen LogP contribution in [0.1, 0.15) is 0 Å². The second-order valence-corrected chi connectivity index (χ2v) is 5.84. The molecule has 2 aromatic rings. The lowest BCUT2D eigenvalue weighted by Crippen LogP contribution is -2.15. The Kier molecular flexibility index (Phi) is 3.92. The van der Waals surface area contributed by atoms with E-state index in [-0.39, 0.29) is 5.02 Å². The van der Waals surface area contributed by atoms with Crippen molar-refractivity contribution in [3.63, 3.8) is 0 Å². The summed E-state index contributed by atoms with van der Waals surface area (Å²) in [6.45, 7) is 0. The third kappa shape index (κ3) is 2.88. The number of sulfonamides is 1. The van der Waals surface area contributed by atoms with Gasteiger partial charge in [-0.15, -0.1) is 0 Å². The van der Waals surface area contributed by atoms with E-state index < -0.39 is 38.1 Å². The molecule has 2 aromatic carbocycles. The van der Waals surface area contributed by atoms with Crippen molar-refractivity contribution in [3.8, 4) is 0 Å². The number of rotatable bonds is 3. The molecule has 0 spiro atoms. The number of hydrogen-bond acceptors (Lipinski definition) is 2. The molecule has 20 heavy (non-hydrogen) atoms. The van der Waals surface area contributed by atoms with Crippen LogP contribution in [0.2, 0.25) is 5.02 Å². The Labute approximate surface area is 118 Å². The summed E-state index contributed by atoms with van der Waals surface area (Å²) in [5, 5.41) is -0.240. The molecule has 0 saturated heterocycles. The molecule has 1 N–H and O–H groups in total. The second-order valence-electron chi connectivity index (χ2n) is 3.78. The maximum atomic E-state index is 13.4. The molecule has 0 saturated carbocycles. The van der Waals surface area contributed by atoms with Gasteiger partial charge in [-0.3, -0.25) is 4.72 Å². The summed E-state index contributed by atoms with van der Waals surface area (Å²) in [7, 11) is -4.33. The normalized spacial score (nSPS) is 11.4. The minimum Gasteiger partial charge on any atom is -0.276 e. The van der Waals surface area contributed by atoms with Crippen LogP contribution in [-0.4, -0.2) is 8.42 Å². The second kappa shape index (κ2) is 5.34. The Morgan fingerprint density at radius 1 is 1.05 bits per heavy atom. The van der Waals surface area contributed by atoms with Gasteiger partial charge in [0.15, 0.2) is 11.6 Å². The summed E-state index contributed by atoms with van der Waals surface area (Å²) in [6, 6.07) is 5.70. The number of anilines is 1. The van der Waals surface area contributed by atoms with Crippen LogP contribution < -0.4 is 4.72 Å². The molecule has 0 amide bonds. The van der Waals surface area contributed by atoms with Gasteiger partial charge in [0.1, 0.15) is 10.7 Å². The maximum absolute atomic E-state index is 13.4. The molecular weight excluding hydrogens is 315 g/mol. The van der Waals surface area contributed by atoms with E-state index in [0.29, 0.717) is 6.07 Å². The average molecular weight is 322 g/mol. The Bertz CT molecular complexity index is 765. The van der Waals surface area contributed by atoms with Crippen LogP contribution >= 0.6 is 11.6 Å². The molecule has 106 valence electrons. The van der Waals surface area contributed by atoms with Gasteiger partial charge in [0, 0.05) is 0 Å². The predicted octanol–water partition coefficient (Wildman–Crippen LogP) is 3.56. The van der Waals surface area contributed by atoms with Crippen LogP contribution in [0.4, 0.5) is 18.9 Å². The lowest BCUT2D eigenvalue weighted by Gasteiger charge is -2.10. The predicted molar refractivity (Wildman–Crippen MR) is 68.6 cm³/mol. The SMILES string of the molecule is O=S(=O)(Nc1cccc(F)c1F)c1cc(F)ccc1Cl. The number of nitrogens with one attached hydrogen (secondary N) is 1. The van der Waals surface area contributed by atoms with Crippen LogP contribution in [0.15, 0.2) is 41.3 Å². The Balaban J connectivity index is 2.46. The Morgan fingerprint density at radius 2 is 1.75 bits per heavy atom. The van der Waals surface area contributed by atoms with Gasteiger partial charge in [-0.1, -0.05) is 17.7 Å². The monoisotopic (exact) mass is 321 g/mol. The minimum absolute atomic E-state index is 0.240. The first-order chi connectivity index (χ1) is 9.31. The van der Waals surface area contributed by atoms with Gasteiger partial charge in [-0.05, 0) is 30.3 Å². The zero-order valence-electron chi connectivity index (χ0n) is 9.70. The molecule has 0 radical (unpaired) electrons. The third-order valence-electron chi connectivity index (χ3n) is 2.38. The number of benzene rings is 2. The van der Waals surface area contributed by atoms with Gasteiger partial charge in [0.05, 0.1) is 10.7 Å². The smallest absolute Gasteiger partial charge is 0.263 e.